The highest BCUT2D eigenvalue weighted by molar-refractivity contribution is 4.99. The van der Waals surface area contributed by atoms with E-state index < -0.39 is 0 Å². The predicted molar refractivity (Wildman–Crippen MR) is 73.1 cm³/mol. The molecule has 2 rings (SSSR count). The van der Waals surface area contributed by atoms with E-state index in [0.717, 1.165) is 50.6 Å². The predicted octanol–water partition coefficient (Wildman–Crippen LogP) is 2.28. The van der Waals surface area contributed by atoms with E-state index in [1.807, 2.05) is 0 Å². The van der Waals surface area contributed by atoms with Crippen LogP contribution in [0, 0.1) is 0 Å². The van der Waals surface area contributed by atoms with E-state index in [1.54, 1.807) is 0 Å². The van der Waals surface area contributed by atoms with Gasteiger partial charge in [-0.1, -0.05) is 19.0 Å². The summed E-state index contributed by atoms with van der Waals surface area (Å²) >= 11 is 0. The van der Waals surface area contributed by atoms with Crippen molar-refractivity contribution in [3.8, 4) is 0 Å². The lowest BCUT2D eigenvalue weighted by Crippen LogP contribution is -2.31. The molecule has 0 amide bonds. The summed E-state index contributed by atoms with van der Waals surface area (Å²) < 4.78 is 11.0. The summed E-state index contributed by atoms with van der Waals surface area (Å²) in [6, 6.07) is 0.353. The molecule has 5 heteroatoms. The van der Waals surface area contributed by atoms with Crippen molar-refractivity contribution < 1.29 is 9.26 Å². The molecule has 3 unspecified atom stereocenters. The molecule has 3 atom stereocenters. The van der Waals surface area contributed by atoms with E-state index in [-0.39, 0.29) is 12.0 Å². The van der Waals surface area contributed by atoms with Gasteiger partial charge in [0.1, 0.15) is 0 Å². The molecule has 1 saturated heterocycles. The Morgan fingerprint density at radius 1 is 1.42 bits per heavy atom. The van der Waals surface area contributed by atoms with E-state index in [9.17, 15) is 0 Å². The largest absolute Gasteiger partial charge is 0.378 e. The number of aromatic nitrogens is 2. The maximum Gasteiger partial charge on any atom is 0.231 e. The lowest BCUT2D eigenvalue weighted by Gasteiger charge is -2.19. The van der Waals surface area contributed by atoms with Gasteiger partial charge in [0, 0.05) is 19.1 Å². The van der Waals surface area contributed by atoms with Crippen molar-refractivity contribution in [3.63, 3.8) is 0 Å². The molecule has 1 aliphatic rings. The van der Waals surface area contributed by atoms with Gasteiger partial charge in [0.15, 0.2) is 5.82 Å². The molecule has 1 aromatic rings. The van der Waals surface area contributed by atoms with Gasteiger partial charge >= 0.3 is 0 Å². The van der Waals surface area contributed by atoms with Gasteiger partial charge in [-0.2, -0.15) is 4.98 Å². The molecule has 19 heavy (non-hydrogen) atoms. The molecule has 108 valence electrons. The average molecular weight is 267 g/mol. The van der Waals surface area contributed by atoms with Crippen molar-refractivity contribution in [1.29, 1.82) is 0 Å². The molecular weight excluding hydrogens is 242 g/mol. The second kappa shape index (κ2) is 7.01. The standard InChI is InChI=1S/C14H25N3O2/c1-4-12(10(3)15-5-2)14-16-13(17-19-14)9-11-7-6-8-18-11/h10-12,15H,4-9H2,1-3H3. The van der Waals surface area contributed by atoms with Gasteiger partial charge in [0.05, 0.1) is 12.0 Å². The van der Waals surface area contributed by atoms with Crippen LogP contribution < -0.4 is 5.32 Å². The second-order valence-electron chi connectivity index (χ2n) is 5.25. The van der Waals surface area contributed by atoms with Crippen LogP contribution in [0.2, 0.25) is 0 Å². The summed E-state index contributed by atoms with van der Waals surface area (Å²) in [7, 11) is 0. The van der Waals surface area contributed by atoms with Gasteiger partial charge in [-0.25, -0.2) is 0 Å². The number of nitrogens with zero attached hydrogens (tertiary/aromatic N) is 2. The third-order valence-electron chi connectivity index (χ3n) is 3.80. The van der Waals surface area contributed by atoms with Crippen LogP contribution in [0.1, 0.15) is 57.7 Å². The van der Waals surface area contributed by atoms with Gasteiger partial charge in [0.25, 0.3) is 0 Å². The summed E-state index contributed by atoms with van der Waals surface area (Å²) in [4.78, 5) is 4.55. The first-order valence-corrected chi connectivity index (χ1v) is 7.42. The number of nitrogens with one attached hydrogen (secondary N) is 1. The monoisotopic (exact) mass is 267 g/mol. The Morgan fingerprint density at radius 2 is 2.26 bits per heavy atom. The van der Waals surface area contributed by atoms with Crippen LogP contribution in [0.3, 0.4) is 0 Å². The Labute approximate surface area is 115 Å². The van der Waals surface area contributed by atoms with Crippen LogP contribution >= 0.6 is 0 Å². The molecule has 0 radical (unpaired) electrons. The number of hydrogen-bond acceptors (Lipinski definition) is 5. The molecule has 1 fully saturated rings. The smallest absolute Gasteiger partial charge is 0.231 e. The third kappa shape index (κ3) is 3.76. The van der Waals surface area contributed by atoms with E-state index in [0.29, 0.717) is 6.04 Å². The molecular formula is C14H25N3O2. The first-order valence-electron chi connectivity index (χ1n) is 7.42. The zero-order chi connectivity index (χ0) is 13.7. The molecule has 1 aromatic heterocycles. The first-order chi connectivity index (χ1) is 9.24. The molecule has 1 N–H and O–H groups in total. The molecule has 0 saturated carbocycles. The Balaban J connectivity index is 1.97. The maximum absolute atomic E-state index is 5.60. The number of likely N-dealkylation sites (N-methyl/N-ethyl adjacent to an activating group) is 1. The van der Waals surface area contributed by atoms with E-state index in [1.165, 1.54) is 0 Å². The molecule has 0 spiro atoms. The van der Waals surface area contributed by atoms with Crippen molar-refractivity contribution in [1.82, 2.24) is 15.5 Å². The van der Waals surface area contributed by atoms with Crippen LogP contribution in [0.4, 0.5) is 0 Å². The summed E-state index contributed by atoms with van der Waals surface area (Å²) in [6.45, 7) is 8.25. The van der Waals surface area contributed by atoms with Gasteiger partial charge in [-0.05, 0) is 32.7 Å². The molecule has 2 heterocycles. The zero-order valence-electron chi connectivity index (χ0n) is 12.2. The van der Waals surface area contributed by atoms with Crippen LogP contribution in [-0.2, 0) is 11.2 Å². The topological polar surface area (TPSA) is 60.2 Å². The summed E-state index contributed by atoms with van der Waals surface area (Å²) in [5.74, 6) is 1.82. The number of rotatable bonds is 7. The Morgan fingerprint density at radius 3 is 2.89 bits per heavy atom. The normalized spacial score (nSPS) is 22.6. The zero-order valence-corrected chi connectivity index (χ0v) is 12.2. The SMILES string of the molecule is CCNC(C)C(CC)c1nc(CC2CCCO2)no1. The van der Waals surface area contributed by atoms with Gasteiger partial charge in [-0.3, -0.25) is 0 Å². The highest BCUT2D eigenvalue weighted by atomic mass is 16.5. The van der Waals surface area contributed by atoms with Crippen molar-refractivity contribution in [2.45, 2.75) is 64.5 Å². The Kier molecular flexibility index (Phi) is 5.34. The van der Waals surface area contributed by atoms with Crippen LogP contribution in [0.5, 0.6) is 0 Å². The minimum Gasteiger partial charge on any atom is -0.378 e. The van der Waals surface area contributed by atoms with E-state index >= 15 is 0 Å². The summed E-state index contributed by atoms with van der Waals surface area (Å²) in [6.07, 6.45) is 4.29. The fourth-order valence-electron chi connectivity index (χ4n) is 2.72. The lowest BCUT2D eigenvalue weighted by molar-refractivity contribution is 0.109. The van der Waals surface area contributed by atoms with Crippen molar-refractivity contribution in [2.75, 3.05) is 13.2 Å². The fourth-order valence-corrected chi connectivity index (χ4v) is 2.72. The third-order valence-corrected chi connectivity index (χ3v) is 3.80. The highest BCUT2D eigenvalue weighted by Crippen LogP contribution is 2.23. The van der Waals surface area contributed by atoms with Crippen molar-refractivity contribution >= 4 is 0 Å². The molecule has 0 aromatic carbocycles. The summed E-state index contributed by atoms with van der Waals surface area (Å²) in [5, 5.41) is 7.52. The molecule has 1 aliphatic heterocycles. The lowest BCUT2D eigenvalue weighted by atomic mass is 9.98. The minimum atomic E-state index is 0.275. The first kappa shape index (κ1) is 14.5. The van der Waals surface area contributed by atoms with Crippen LogP contribution in [0.15, 0.2) is 4.52 Å². The van der Waals surface area contributed by atoms with Crippen molar-refractivity contribution in [3.05, 3.63) is 11.7 Å². The van der Waals surface area contributed by atoms with E-state index in [4.69, 9.17) is 9.26 Å². The fraction of sp³-hybridized carbons (Fsp3) is 0.857. The van der Waals surface area contributed by atoms with Gasteiger partial charge in [-0.15, -0.1) is 0 Å². The minimum absolute atomic E-state index is 0.275. The molecule has 0 bridgehead atoms. The van der Waals surface area contributed by atoms with Gasteiger partial charge < -0.3 is 14.6 Å². The maximum atomic E-state index is 5.60. The molecule has 5 nitrogen and oxygen atoms in total. The number of hydrogen-bond donors (Lipinski definition) is 1. The van der Waals surface area contributed by atoms with Crippen LogP contribution in [-0.4, -0.2) is 35.4 Å². The van der Waals surface area contributed by atoms with E-state index in [2.05, 4.69) is 36.2 Å². The second-order valence-corrected chi connectivity index (χ2v) is 5.25. The molecule has 0 aliphatic carbocycles. The number of ether oxygens (including phenoxy) is 1. The van der Waals surface area contributed by atoms with Crippen LogP contribution in [0.25, 0.3) is 0 Å². The Hall–Kier alpha value is -0.940. The van der Waals surface area contributed by atoms with Crippen molar-refractivity contribution in [2.24, 2.45) is 0 Å². The summed E-state index contributed by atoms with van der Waals surface area (Å²) in [5.41, 5.74) is 0. The Bertz CT molecular complexity index is 375. The average Bonchev–Trinajstić information content (AvgIpc) is 3.03. The highest BCUT2D eigenvalue weighted by Gasteiger charge is 2.24. The van der Waals surface area contributed by atoms with Gasteiger partial charge in [0.2, 0.25) is 5.89 Å². The quantitative estimate of drug-likeness (QED) is 0.821.